The van der Waals surface area contributed by atoms with Crippen molar-refractivity contribution in [2.45, 2.75) is 39.5 Å². The summed E-state index contributed by atoms with van der Waals surface area (Å²) in [6.07, 6.45) is 3.56. The molecule has 0 N–H and O–H groups in total. The minimum Gasteiger partial charge on any atom is -0.305 e. The highest BCUT2D eigenvalue weighted by Crippen LogP contribution is 2.45. The monoisotopic (exact) mass is 358 g/mol. The molecule has 0 amide bonds. The lowest BCUT2D eigenvalue weighted by molar-refractivity contribution is 0.817. The van der Waals surface area contributed by atoms with Crippen LogP contribution in [0, 0.1) is 0 Å². The zero-order valence-corrected chi connectivity index (χ0v) is 16.4. The molecule has 1 aliphatic heterocycles. The molecule has 0 saturated heterocycles. The molecule has 1 aromatic heterocycles. The quantitative estimate of drug-likeness (QED) is 0.575. The van der Waals surface area contributed by atoms with Crippen LogP contribution in [-0.4, -0.2) is 16.6 Å². The Morgan fingerprint density at radius 3 is 1.81 bits per heavy atom. The molecule has 0 aliphatic carbocycles. The van der Waals surface area contributed by atoms with E-state index in [1.807, 2.05) is 6.07 Å². The van der Waals surface area contributed by atoms with Crippen molar-refractivity contribution in [2.24, 2.45) is 0 Å². The Morgan fingerprint density at radius 1 is 0.704 bits per heavy atom. The van der Waals surface area contributed by atoms with Gasteiger partial charge in [-0.25, -0.2) is 9.97 Å². The SMILES string of the molecule is CC(C)c1cccc(C(C)C)c1N1CN(c2ccccc2)c2nccnc21. The van der Waals surface area contributed by atoms with Gasteiger partial charge in [-0.1, -0.05) is 64.1 Å². The summed E-state index contributed by atoms with van der Waals surface area (Å²) in [5, 5.41) is 0. The lowest BCUT2D eigenvalue weighted by atomic mass is 9.92. The van der Waals surface area contributed by atoms with Crippen LogP contribution in [0.4, 0.5) is 23.0 Å². The van der Waals surface area contributed by atoms with Gasteiger partial charge in [-0.15, -0.1) is 0 Å². The molecule has 0 unspecified atom stereocenters. The van der Waals surface area contributed by atoms with E-state index in [0.717, 1.165) is 17.3 Å². The summed E-state index contributed by atoms with van der Waals surface area (Å²) in [6, 6.07) is 17.1. The fourth-order valence-electron chi connectivity index (χ4n) is 3.79. The van der Waals surface area contributed by atoms with Gasteiger partial charge < -0.3 is 9.80 Å². The summed E-state index contributed by atoms with van der Waals surface area (Å²) in [7, 11) is 0. The summed E-state index contributed by atoms with van der Waals surface area (Å²) in [4.78, 5) is 14.0. The van der Waals surface area contributed by atoms with E-state index in [-0.39, 0.29) is 0 Å². The fraction of sp³-hybridized carbons (Fsp3) is 0.304. The summed E-state index contributed by atoms with van der Waals surface area (Å²) in [5.74, 6) is 2.71. The zero-order valence-electron chi connectivity index (χ0n) is 16.4. The maximum absolute atomic E-state index is 4.72. The molecular formula is C23H26N4. The third kappa shape index (κ3) is 3.05. The summed E-state index contributed by atoms with van der Waals surface area (Å²) < 4.78 is 0. The van der Waals surface area contributed by atoms with Gasteiger partial charge in [-0.05, 0) is 35.1 Å². The number of hydrogen-bond donors (Lipinski definition) is 0. The Bertz CT molecular complexity index is 908. The summed E-state index contributed by atoms with van der Waals surface area (Å²) in [5.41, 5.74) is 5.12. The van der Waals surface area contributed by atoms with E-state index in [0.29, 0.717) is 18.5 Å². The Morgan fingerprint density at radius 2 is 1.26 bits per heavy atom. The average Bonchev–Trinajstić information content (AvgIpc) is 3.07. The molecule has 0 radical (unpaired) electrons. The molecule has 3 aromatic rings. The molecule has 0 atom stereocenters. The lowest BCUT2D eigenvalue weighted by Crippen LogP contribution is -2.26. The van der Waals surface area contributed by atoms with Gasteiger partial charge >= 0.3 is 0 Å². The Hall–Kier alpha value is -2.88. The van der Waals surface area contributed by atoms with Gasteiger partial charge in [0, 0.05) is 18.1 Å². The number of para-hydroxylation sites is 2. The lowest BCUT2D eigenvalue weighted by Gasteiger charge is -2.28. The molecule has 138 valence electrons. The molecule has 4 heteroatoms. The molecule has 0 bridgehead atoms. The van der Waals surface area contributed by atoms with Gasteiger partial charge in [0.15, 0.2) is 11.6 Å². The van der Waals surface area contributed by atoms with Gasteiger partial charge in [0.1, 0.15) is 6.67 Å². The van der Waals surface area contributed by atoms with Crippen LogP contribution in [0.5, 0.6) is 0 Å². The maximum Gasteiger partial charge on any atom is 0.178 e. The van der Waals surface area contributed by atoms with Crippen LogP contribution in [0.15, 0.2) is 60.9 Å². The summed E-state index contributed by atoms with van der Waals surface area (Å²) >= 11 is 0. The Labute approximate surface area is 161 Å². The molecule has 27 heavy (non-hydrogen) atoms. The topological polar surface area (TPSA) is 32.3 Å². The molecule has 4 rings (SSSR count). The zero-order chi connectivity index (χ0) is 19.0. The van der Waals surface area contributed by atoms with Gasteiger partial charge in [-0.3, -0.25) is 0 Å². The van der Waals surface area contributed by atoms with E-state index >= 15 is 0 Å². The Kier molecular flexibility index (Phi) is 4.56. The van der Waals surface area contributed by atoms with Crippen LogP contribution in [0.2, 0.25) is 0 Å². The van der Waals surface area contributed by atoms with Gasteiger partial charge in [0.2, 0.25) is 0 Å². The molecule has 1 aliphatic rings. The average molecular weight is 358 g/mol. The highest BCUT2D eigenvalue weighted by molar-refractivity contribution is 5.84. The molecule has 2 aromatic carbocycles. The minimum atomic E-state index is 0.435. The number of anilines is 4. The number of rotatable bonds is 4. The van der Waals surface area contributed by atoms with Crippen LogP contribution in [-0.2, 0) is 0 Å². The molecule has 0 saturated carbocycles. The van der Waals surface area contributed by atoms with Crippen LogP contribution in [0.1, 0.15) is 50.7 Å². The predicted molar refractivity (Wildman–Crippen MR) is 112 cm³/mol. The van der Waals surface area contributed by atoms with Crippen molar-refractivity contribution in [3.63, 3.8) is 0 Å². The van der Waals surface area contributed by atoms with E-state index < -0.39 is 0 Å². The van der Waals surface area contributed by atoms with Gasteiger partial charge in [0.25, 0.3) is 0 Å². The second kappa shape index (κ2) is 7.03. The molecule has 4 nitrogen and oxygen atoms in total. The molecule has 0 fully saturated rings. The molecular weight excluding hydrogens is 332 g/mol. The van der Waals surface area contributed by atoms with E-state index in [1.54, 1.807) is 12.4 Å². The molecule has 2 heterocycles. The number of benzene rings is 2. The minimum absolute atomic E-state index is 0.435. The van der Waals surface area contributed by atoms with Crippen molar-refractivity contribution in [1.29, 1.82) is 0 Å². The highest BCUT2D eigenvalue weighted by atomic mass is 15.4. The second-order valence-corrected chi connectivity index (χ2v) is 7.63. The van der Waals surface area contributed by atoms with Crippen LogP contribution in [0.3, 0.4) is 0 Å². The van der Waals surface area contributed by atoms with Crippen LogP contribution >= 0.6 is 0 Å². The van der Waals surface area contributed by atoms with Gasteiger partial charge in [0.05, 0.1) is 5.69 Å². The van der Waals surface area contributed by atoms with E-state index in [1.165, 1.54) is 16.8 Å². The first-order chi connectivity index (χ1) is 13.1. The predicted octanol–water partition coefficient (Wildman–Crippen LogP) is 5.97. The van der Waals surface area contributed by atoms with Crippen molar-refractivity contribution in [1.82, 2.24) is 9.97 Å². The largest absolute Gasteiger partial charge is 0.305 e. The standard InChI is InChI=1S/C23H26N4/c1-16(2)19-11-8-12-20(17(3)4)21(19)27-15-26(18-9-6-5-7-10-18)22-23(27)25-14-13-24-22/h5-14,16-17H,15H2,1-4H3. The first-order valence-electron chi connectivity index (χ1n) is 9.62. The number of nitrogens with zero attached hydrogens (tertiary/aromatic N) is 4. The third-order valence-electron chi connectivity index (χ3n) is 5.13. The van der Waals surface area contributed by atoms with Crippen molar-refractivity contribution in [3.8, 4) is 0 Å². The number of fused-ring (bicyclic) bond motifs is 1. The Balaban J connectivity index is 1.89. The maximum atomic E-state index is 4.72. The second-order valence-electron chi connectivity index (χ2n) is 7.63. The fourth-order valence-corrected chi connectivity index (χ4v) is 3.79. The van der Waals surface area contributed by atoms with Gasteiger partial charge in [-0.2, -0.15) is 0 Å². The number of aromatic nitrogens is 2. The normalized spacial score (nSPS) is 13.6. The van der Waals surface area contributed by atoms with Crippen LogP contribution < -0.4 is 9.80 Å². The van der Waals surface area contributed by atoms with Crippen molar-refractivity contribution in [3.05, 3.63) is 72.1 Å². The smallest absolute Gasteiger partial charge is 0.178 e. The number of hydrogen-bond acceptors (Lipinski definition) is 4. The van der Waals surface area contributed by atoms with E-state index in [9.17, 15) is 0 Å². The van der Waals surface area contributed by atoms with Crippen molar-refractivity contribution < 1.29 is 0 Å². The van der Waals surface area contributed by atoms with E-state index in [2.05, 4.69) is 84.9 Å². The third-order valence-corrected chi connectivity index (χ3v) is 5.13. The molecule has 0 spiro atoms. The van der Waals surface area contributed by atoms with E-state index in [4.69, 9.17) is 4.98 Å². The van der Waals surface area contributed by atoms with Crippen molar-refractivity contribution >= 4 is 23.0 Å². The first kappa shape index (κ1) is 17.5. The van der Waals surface area contributed by atoms with Crippen molar-refractivity contribution in [2.75, 3.05) is 16.5 Å². The first-order valence-corrected chi connectivity index (χ1v) is 9.62. The van der Waals surface area contributed by atoms with Crippen LogP contribution in [0.25, 0.3) is 0 Å². The summed E-state index contributed by atoms with van der Waals surface area (Å²) in [6.45, 7) is 9.74. The highest BCUT2D eigenvalue weighted by Gasteiger charge is 2.33.